The van der Waals surface area contributed by atoms with E-state index in [1.165, 1.54) is 4.88 Å². The lowest BCUT2D eigenvalue weighted by atomic mass is 10.2. The Balaban J connectivity index is 2.20. The van der Waals surface area contributed by atoms with Crippen molar-refractivity contribution in [3.63, 3.8) is 0 Å². The zero-order chi connectivity index (χ0) is 14.7. The van der Waals surface area contributed by atoms with E-state index in [0.29, 0.717) is 12.4 Å². The van der Waals surface area contributed by atoms with Crippen molar-refractivity contribution in [3.8, 4) is 11.5 Å². The van der Waals surface area contributed by atoms with E-state index < -0.39 is 0 Å². The molecule has 0 aliphatic rings. The molecule has 0 bridgehead atoms. The lowest BCUT2D eigenvalue weighted by Gasteiger charge is -2.13. The average molecular weight is 421 g/mol. The minimum atomic E-state index is 0.446. The molecule has 0 aliphatic heterocycles. The second kappa shape index (κ2) is 6.91. The van der Waals surface area contributed by atoms with Crippen LogP contribution in [0, 0.1) is 13.8 Å². The molecule has 1 aromatic heterocycles. The van der Waals surface area contributed by atoms with Crippen molar-refractivity contribution in [3.05, 3.63) is 37.7 Å². The third-order valence-electron chi connectivity index (χ3n) is 2.86. The number of hydrogen-bond donors (Lipinski definition) is 0. The van der Waals surface area contributed by atoms with E-state index in [9.17, 15) is 0 Å². The topological polar surface area (TPSA) is 31.4 Å². The highest BCUT2D eigenvalue weighted by molar-refractivity contribution is 9.10. The van der Waals surface area contributed by atoms with Crippen molar-refractivity contribution in [1.29, 1.82) is 0 Å². The van der Waals surface area contributed by atoms with Gasteiger partial charge in [-0.1, -0.05) is 15.9 Å². The summed E-state index contributed by atoms with van der Waals surface area (Å²) < 4.78 is 12.2. The number of nitrogens with zero attached hydrogens (tertiary/aromatic N) is 1. The monoisotopic (exact) mass is 419 g/mol. The molecule has 1 aromatic carbocycles. The molecule has 2 rings (SSSR count). The highest BCUT2D eigenvalue weighted by Gasteiger charge is 2.13. The normalized spacial score (nSPS) is 10.7. The minimum absolute atomic E-state index is 0.446. The standard InChI is InChI=1S/C14H15Br2NO2S/c1-8-9(2)20-13(17-8)7-19-14-11(16)4-10(6-15)5-12(14)18-3/h4-5H,6-7H2,1-3H3. The van der Waals surface area contributed by atoms with Crippen molar-refractivity contribution < 1.29 is 9.47 Å². The highest BCUT2D eigenvalue weighted by Crippen LogP contribution is 2.37. The van der Waals surface area contributed by atoms with E-state index in [0.717, 1.165) is 31.8 Å². The van der Waals surface area contributed by atoms with Gasteiger partial charge in [0, 0.05) is 10.2 Å². The van der Waals surface area contributed by atoms with Crippen LogP contribution in [0.3, 0.4) is 0 Å². The summed E-state index contributed by atoms with van der Waals surface area (Å²) in [7, 11) is 1.64. The van der Waals surface area contributed by atoms with E-state index in [1.807, 2.05) is 19.1 Å². The molecule has 0 unspecified atom stereocenters. The molecule has 0 spiro atoms. The Bertz CT molecular complexity index is 594. The first kappa shape index (κ1) is 15.8. The molecule has 0 atom stereocenters. The third kappa shape index (κ3) is 3.54. The smallest absolute Gasteiger partial charge is 0.175 e. The summed E-state index contributed by atoms with van der Waals surface area (Å²) >= 11 is 8.63. The number of halogens is 2. The highest BCUT2D eigenvalue weighted by atomic mass is 79.9. The van der Waals surface area contributed by atoms with Gasteiger partial charge in [0.1, 0.15) is 11.6 Å². The maximum Gasteiger partial charge on any atom is 0.175 e. The van der Waals surface area contributed by atoms with Crippen molar-refractivity contribution in [2.45, 2.75) is 25.8 Å². The summed E-state index contributed by atoms with van der Waals surface area (Å²) in [5, 5.41) is 1.74. The van der Waals surface area contributed by atoms with Crippen molar-refractivity contribution >= 4 is 43.2 Å². The van der Waals surface area contributed by atoms with Gasteiger partial charge in [-0.25, -0.2) is 4.98 Å². The van der Waals surface area contributed by atoms with Gasteiger partial charge in [-0.05, 0) is 47.5 Å². The van der Waals surface area contributed by atoms with Gasteiger partial charge in [-0.15, -0.1) is 11.3 Å². The molecule has 6 heteroatoms. The molecule has 108 valence electrons. The van der Waals surface area contributed by atoms with E-state index in [4.69, 9.17) is 9.47 Å². The summed E-state index contributed by atoms with van der Waals surface area (Å²) in [6.45, 7) is 4.52. The molecular weight excluding hydrogens is 406 g/mol. The number of alkyl halides is 1. The summed E-state index contributed by atoms with van der Waals surface area (Å²) in [6, 6.07) is 3.98. The summed E-state index contributed by atoms with van der Waals surface area (Å²) in [5.41, 5.74) is 2.19. The number of benzene rings is 1. The van der Waals surface area contributed by atoms with Crippen LogP contribution in [0.5, 0.6) is 11.5 Å². The van der Waals surface area contributed by atoms with Crippen LogP contribution < -0.4 is 9.47 Å². The number of hydrogen-bond acceptors (Lipinski definition) is 4. The van der Waals surface area contributed by atoms with Crippen LogP contribution in [-0.4, -0.2) is 12.1 Å². The molecule has 0 N–H and O–H groups in total. The van der Waals surface area contributed by atoms with Gasteiger partial charge in [-0.3, -0.25) is 0 Å². The van der Waals surface area contributed by atoms with Crippen LogP contribution in [0.15, 0.2) is 16.6 Å². The molecule has 2 aromatic rings. The van der Waals surface area contributed by atoms with E-state index >= 15 is 0 Å². The third-order valence-corrected chi connectivity index (χ3v) is 5.14. The second-order valence-corrected chi connectivity index (χ2v) is 6.98. The first-order valence-electron chi connectivity index (χ1n) is 6.03. The zero-order valence-corrected chi connectivity index (χ0v) is 15.5. The summed E-state index contributed by atoms with van der Waals surface area (Å²) in [4.78, 5) is 5.70. The first-order chi connectivity index (χ1) is 9.55. The predicted octanol–water partition coefficient (Wildman–Crippen LogP) is 5.00. The second-order valence-electron chi connectivity index (χ2n) is 4.28. The lowest BCUT2D eigenvalue weighted by molar-refractivity contribution is 0.282. The Morgan fingerprint density at radius 3 is 2.60 bits per heavy atom. The Labute approximate surface area is 139 Å². The fraction of sp³-hybridized carbons (Fsp3) is 0.357. The predicted molar refractivity (Wildman–Crippen MR) is 89.2 cm³/mol. The first-order valence-corrected chi connectivity index (χ1v) is 8.76. The Kier molecular flexibility index (Phi) is 5.46. The maximum absolute atomic E-state index is 5.87. The van der Waals surface area contributed by atoms with E-state index in [1.54, 1.807) is 18.4 Å². The van der Waals surface area contributed by atoms with Crippen molar-refractivity contribution in [2.75, 3.05) is 7.11 Å². The molecule has 1 heterocycles. The molecule has 3 nitrogen and oxygen atoms in total. The SMILES string of the molecule is COc1cc(CBr)cc(Br)c1OCc1nc(C)c(C)s1. The largest absolute Gasteiger partial charge is 0.493 e. The van der Waals surface area contributed by atoms with Crippen molar-refractivity contribution in [2.24, 2.45) is 0 Å². The molecule has 0 saturated heterocycles. The molecule has 20 heavy (non-hydrogen) atoms. The minimum Gasteiger partial charge on any atom is -0.493 e. The lowest BCUT2D eigenvalue weighted by Crippen LogP contribution is -1.99. The van der Waals surface area contributed by atoms with E-state index in [-0.39, 0.29) is 0 Å². The Morgan fingerprint density at radius 2 is 2.05 bits per heavy atom. The van der Waals surface area contributed by atoms with Gasteiger partial charge >= 0.3 is 0 Å². The molecule has 0 amide bonds. The Hall–Kier alpha value is -0.590. The molecular formula is C14H15Br2NO2S. The molecule has 0 radical (unpaired) electrons. The number of ether oxygens (including phenoxy) is 2. The Morgan fingerprint density at radius 1 is 1.30 bits per heavy atom. The number of thiazole rings is 1. The van der Waals surface area contributed by atoms with E-state index in [2.05, 4.69) is 43.8 Å². The van der Waals surface area contributed by atoms with Crippen LogP contribution in [0.2, 0.25) is 0 Å². The van der Waals surface area contributed by atoms with Gasteiger partial charge in [0.15, 0.2) is 11.5 Å². The average Bonchev–Trinajstić information content (AvgIpc) is 2.75. The number of aryl methyl sites for hydroxylation is 2. The zero-order valence-electron chi connectivity index (χ0n) is 11.5. The van der Waals surface area contributed by atoms with Gasteiger partial charge in [0.25, 0.3) is 0 Å². The number of methoxy groups -OCH3 is 1. The maximum atomic E-state index is 5.87. The number of aromatic nitrogens is 1. The molecule has 0 saturated carbocycles. The number of rotatable bonds is 5. The van der Waals surface area contributed by atoms with Crippen LogP contribution in [0.25, 0.3) is 0 Å². The van der Waals surface area contributed by atoms with Crippen molar-refractivity contribution in [1.82, 2.24) is 4.98 Å². The van der Waals surface area contributed by atoms with Crippen LogP contribution in [0.1, 0.15) is 21.1 Å². The molecule has 0 aliphatic carbocycles. The fourth-order valence-corrected chi connectivity index (χ4v) is 3.50. The van der Waals surface area contributed by atoms with Crippen LogP contribution >= 0.6 is 43.2 Å². The summed E-state index contributed by atoms with van der Waals surface area (Å²) in [5.74, 6) is 1.43. The van der Waals surface area contributed by atoms with Gasteiger partial charge < -0.3 is 9.47 Å². The van der Waals surface area contributed by atoms with Gasteiger partial charge in [0.05, 0.1) is 17.3 Å². The van der Waals surface area contributed by atoms with Gasteiger partial charge in [0.2, 0.25) is 0 Å². The quantitative estimate of drug-likeness (QED) is 0.637. The summed E-state index contributed by atoms with van der Waals surface area (Å²) in [6.07, 6.45) is 0. The van der Waals surface area contributed by atoms with Crippen LogP contribution in [0.4, 0.5) is 0 Å². The van der Waals surface area contributed by atoms with Crippen LogP contribution in [-0.2, 0) is 11.9 Å². The molecule has 0 fully saturated rings. The van der Waals surface area contributed by atoms with Gasteiger partial charge in [-0.2, -0.15) is 0 Å². The fourth-order valence-electron chi connectivity index (χ4n) is 1.73.